The van der Waals surface area contributed by atoms with Gasteiger partial charge in [-0.05, 0) is 30.3 Å². The summed E-state index contributed by atoms with van der Waals surface area (Å²) in [5, 5.41) is 12.8. The number of rotatable bonds is 3. The molecule has 0 saturated heterocycles. The van der Waals surface area contributed by atoms with Gasteiger partial charge in [-0.25, -0.2) is 4.98 Å². The lowest BCUT2D eigenvalue weighted by atomic mass is 10.0. The van der Waals surface area contributed by atoms with E-state index >= 15 is 0 Å². The zero-order valence-corrected chi connectivity index (χ0v) is 17.5. The molecular formula is C17H6Cl6N2O2. The standard InChI is InChI=1S/C17H6Cl6N2O2/c18-8-1-3-10(20)14(22)12(8)7-5-6-24-16(17(7)25(26)27)13-9(19)2-4-11(21)15(13)23/h1-6H. The molecule has 0 unspecified atom stereocenters. The van der Waals surface area contributed by atoms with Gasteiger partial charge in [0, 0.05) is 17.3 Å². The predicted octanol–water partition coefficient (Wildman–Crippen LogP) is 8.24. The molecule has 1 heterocycles. The summed E-state index contributed by atoms with van der Waals surface area (Å²) < 4.78 is 0. The number of halogens is 6. The van der Waals surface area contributed by atoms with Gasteiger partial charge in [-0.2, -0.15) is 0 Å². The van der Waals surface area contributed by atoms with E-state index in [4.69, 9.17) is 69.6 Å². The summed E-state index contributed by atoms with van der Waals surface area (Å²) in [5.41, 5.74) is 0.00969. The van der Waals surface area contributed by atoms with Gasteiger partial charge in [-0.1, -0.05) is 69.6 Å². The van der Waals surface area contributed by atoms with Crippen molar-refractivity contribution in [2.75, 3.05) is 0 Å². The quantitative estimate of drug-likeness (QED) is 0.214. The van der Waals surface area contributed by atoms with Crippen LogP contribution in [-0.4, -0.2) is 9.91 Å². The molecule has 4 nitrogen and oxygen atoms in total. The van der Waals surface area contributed by atoms with Gasteiger partial charge < -0.3 is 0 Å². The Labute approximate surface area is 183 Å². The molecule has 1 aromatic heterocycles. The number of pyridine rings is 1. The minimum atomic E-state index is -0.612. The molecule has 27 heavy (non-hydrogen) atoms. The molecule has 0 fully saturated rings. The summed E-state index contributed by atoms with van der Waals surface area (Å²) in [6.45, 7) is 0. The number of benzene rings is 2. The van der Waals surface area contributed by atoms with Crippen LogP contribution in [0.3, 0.4) is 0 Å². The largest absolute Gasteiger partial charge is 0.303 e. The number of aromatic nitrogens is 1. The van der Waals surface area contributed by atoms with Gasteiger partial charge in [0.2, 0.25) is 0 Å². The third kappa shape index (κ3) is 3.70. The van der Waals surface area contributed by atoms with Crippen molar-refractivity contribution in [3.05, 3.63) is 76.8 Å². The number of nitro groups is 1. The molecule has 0 amide bonds. The lowest BCUT2D eigenvalue weighted by Gasteiger charge is -2.13. The van der Waals surface area contributed by atoms with E-state index in [9.17, 15) is 10.1 Å². The Bertz CT molecular complexity index is 1010. The van der Waals surface area contributed by atoms with Crippen molar-refractivity contribution in [2.45, 2.75) is 0 Å². The number of hydrogen-bond acceptors (Lipinski definition) is 3. The molecule has 0 aliphatic rings. The monoisotopic (exact) mass is 480 g/mol. The molecule has 0 spiro atoms. The molecule has 0 N–H and O–H groups in total. The van der Waals surface area contributed by atoms with Crippen LogP contribution in [0.1, 0.15) is 0 Å². The van der Waals surface area contributed by atoms with Gasteiger partial charge in [-0.15, -0.1) is 0 Å². The normalized spacial score (nSPS) is 10.9. The number of nitrogens with zero attached hydrogens (tertiary/aromatic N) is 2. The molecule has 0 aliphatic heterocycles. The first-order valence-electron chi connectivity index (χ1n) is 7.15. The van der Waals surface area contributed by atoms with Crippen LogP contribution in [0.4, 0.5) is 5.69 Å². The molecule has 2 aromatic carbocycles. The molecule has 0 aliphatic carbocycles. The molecule has 0 saturated carbocycles. The minimum Gasteiger partial charge on any atom is -0.258 e. The van der Waals surface area contributed by atoms with Crippen molar-refractivity contribution in [3.8, 4) is 22.4 Å². The van der Waals surface area contributed by atoms with Crippen molar-refractivity contribution >= 4 is 75.3 Å². The van der Waals surface area contributed by atoms with E-state index in [0.29, 0.717) is 0 Å². The second-order valence-corrected chi connectivity index (χ2v) is 7.63. The second kappa shape index (κ2) is 8.00. The third-order valence-electron chi connectivity index (χ3n) is 3.70. The maximum atomic E-state index is 11.9. The fourth-order valence-corrected chi connectivity index (χ4v) is 3.98. The van der Waals surface area contributed by atoms with Gasteiger partial charge in [-0.3, -0.25) is 10.1 Å². The van der Waals surface area contributed by atoms with E-state index in [0.717, 1.165) is 0 Å². The highest BCUT2D eigenvalue weighted by Crippen LogP contribution is 2.48. The van der Waals surface area contributed by atoms with E-state index in [1.807, 2.05) is 0 Å². The summed E-state index contributed by atoms with van der Waals surface area (Å²) in [7, 11) is 0. The molecule has 0 atom stereocenters. The summed E-state index contributed by atoms with van der Waals surface area (Å²) in [6, 6.07) is 7.36. The van der Waals surface area contributed by atoms with Gasteiger partial charge in [0.25, 0.3) is 0 Å². The average molecular weight is 483 g/mol. The highest BCUT2D eigenvalue weighted by molar-refractivity contribution is 6.47. The van der Waals surface area contributed by atoms with Crippen LogP contribution in [-0.2, 0) is 0 Å². The summed E-state index contributed by atoms with van der Waals surface area (Å²) in [5.74, 6) is 0. The topological polar surface area (TPSA) is 56.0 Å². The van der Waals surface area contributed by atoms with Gasteiger partial charge in [0.05, 0.1) is 40.6 Å². The van der Waals surface area contributed by atoms with Gasteiger partial charge in [0.1, 0.15) is 0 Å². The average Bonchev–Trinajstić information content (AvgIpc) is 2.62. The molecule has 138 valence electrons. The van der Waals surface area contributed by atoms with Crippen LogP contribution >= 0.6 is 69.6 Å². The Morgan fingerprint density at radius 3 is 1.78 bits per heavy atom. The zero-order valence-electron chi connectivity index (χ0n) is 12.9. The van der Waals surface area contributed by atoms with Gasteiger partial charge in [0.15, 0.2) is 5.69 Å². The lowest BCUT2D eigenvalue weighted by molar-refractivity contribution is -0.383. The van der Waals surface area contributed by atoms with Crippen LogP contribution in [0.25, 0.3) is 22.4 Å². The maximum absolute atomic E-state index is 11.9. The van der Waals surface area contributed by atoms with E-state index in [-0.39, 0.29) is 58.2 Å². The second-order valence-electron chi connectivity index (χ2n) is 5.25. The molecule has 0 radical (unpaired) electrons. The Balaban J connectivity index is 2.44. The van der Waals surface area contributed by atoms with E-state index in [2.05, 4.69) is 4.98 Å². The van der Waals surface area contributed by atoms with Gasteiger partial charge >= 0.3 is 5.69 Å². The Morgan fingerprint density at radius 2 is 1.22 bits per heavy atom. The minimum absolute atomic E-state index is 0.0419. The highest BCUT2D eigenvalue weighted by atomic mass is 35.5. The van der Waals surface area contributed by atoms with Crippen LogP contribution in [0.5, 0.6) is 0 Å². The van der Waals surface area contributed by atoms with Crippen LogP contribution in [0.2, 0.25) is 30.1 Å². The third-order valence-corrected chi connectivity index (χ3v) is 5.94. The molecule has 3 aromatic rings. The van der Waals surface area contributed by atoms with E-state index in [1.165, 1.54) is 36.5 Å². The van der Waals surface area contributed by atoms with Crippen molar-refractivity contribution in [3.63, 3.8) is 0 Å². The molecule has 3 rings (SSSR count). The highest BCUT2D eigenvalue weighted by Gasteiger charge is 2.29. The van der Waals surface area contributed by atoms with Crippen LogP contribution in [0.15, 0.2) is 36.5 Å². The smallest absolute Gasteiger partial charge is 0.258 e. The van der Waals surface area contributed by atoms with Crippen molar-refractivity contribution < 1.29 is 4.92 Å². The predicted molar refractivity (Wildman–Crippen MR) is 112 cm³/mol. The van der Waals surface area contributed by atoms with Crippen molar-refractivity contribution in [1.82, 2.24) is 4.98 Å². The maximum Gasteiger partial charge on any atom is 0.303 e. The SMILES string of the molecule is O=[N+]([O-])c1c(-c2c(Cl)ccc(Cl)c2Cl)ccnc1-c1c(Cl)ccc(Cl)c1Cl. The fraction of sp³-hybridized carbons (Fsp3) is 0. The summed E-state index contributed by atoms with van der Waals surface area (Å²) in [6.07, 6.45) is 1.36. The Morgan fingerprint density at radius 1 is 0.741 bits per heavy atom. The lowest BCUT2D eigenvalue weighted by Crippen LogP contribution is -2.00. The van der Waals surface area contributed by atoms with Crippen molar-refractivity contribution in [2.24, 2.45) is 0 Å². The number of hydrogen-bond donors (Lipinski definition) is 0. The first-order chi connectivity index (χ1) is 12.7. The molecular weight excluding hydrogens is 477 g/mol. The summed E-state index contributed by atoms with van der Waals surface area (Å²) >= 11 is 37.1. The molecule has 0 bridgehead atoms. The first-order valence-corrected chi connectivity index (χ1v) is 9.42. The first kappa shape index (κ1) is 20.5. The summed E-state index contributed by atoms with van der Waals surface area (Å²) in [4.78, 5) is 15.4. The zero-order chi connectivity index (χ0) is 19.9. The molecule has 10 heteroatoms. The van der Waals surface area contributed by atoms with Crippen LogP contribution in [0, 0.1) is 10.1 Å². The van der Waals surface area contributed by atoms with E-state index in [1.54, 1.807) is 0 Å². The van der Waals surface area contributed by atoms with Crippen molar-refractivity contribution in [1.29, 1.82) is 0 Å². The Kier molecular flexibility index (Phi) is 6.06. The van der Waals surface area contributed by atoms with Crippen LogP contribution < -0.4 is 0 Å². The van der Waals surface area contributed by atoms with E-state index < -0.39 is 4.92 Å². The fourth-order valence-electron chi connectivity index (χ4n) is 2.54. The Hall–Kier alpha value is -1.27.